The summed E-state index contributed by atoms with van der Waals surface area (Å²) in [6, 6.07) is 11.2. The summed E-state index contributed by atoms with van der Waals surface area (Å²) < 4.78 is 42.5. The number of rotatable bonds is 7. The quantitative estimate of drug-likeness (QED) is 0.442. The zero-order chi connectivity index (χ0) is 21.3. The number of alkyl halides is 2. The molecule has 0 amide bonds. The highest BCUT2D eigenvalue weighted by molar-refractivity contribution is 7.96. The molecule has 0 saturated carbocycles. The summed E-state index contributed by atoms with van der Waals surface area (Å²) in [5.41, 5.74) is 4.87. The van der Waals surface area contributed by atoms with Gasteiger partial charge in [-0.05, 0) is 54.8 Å². The van der Waals surface area contributed by atoms with Crippen molar-refractivity contribution in [3.8, 4) is 0 Å². The van der Waals surface area contributed by atoms with Crippen LogP contribution in [0.4, 0.5) is 18.9 Å². The van der Waals surface area contributed by atoms with Gasteiger partial charge in [0.1, 0.15) is 11.5 Å². The Morgan fingerprint density at radius 1 is 1.07 bits per heavy atom. The molecule has 8 heteroatoms. The van der Waals surface area contributed by atoms with Crippen molar-refractivity contribution < 1.29 is 13.2 Å². The van der Waals surface area contributed by atoms with Crippen LogP contribution in [0.5, 0.6) is 0 Å². The molecule has 1 heterocycles. The van der Waals surface area contributed by atoms with Gasteiger partial charge in [-0.25, -0.2) is 13.2 Å². The number of anilines is 1. The van der Waals surface area contributed by atoms with Crippen LogP contribution >= 0.6 is 11.9 Å². The lowest BCUT2D eigenvalue weighted by Crippen LogP contribution is -2.34. The Labute approximate surface area is 178 Å². The second-order valence-corrected chi connectivity index (χ2v) is 8.33. The Hall–Kier alpha value is -2.32. The lowest BCUT2D eigenvalue weighted by Gasteiger charge is -2.32. The van der Waals surface area contributed by atoms with Gasteiger partial charge in [0.2, 0.25) is 0 Å². The highest BCUT2D eigenvalue weighted by atomic mass is 32.2. The first-order valence-corrected chi connectivity index (χ1v) is 11.0. The SMILES string of the molecule is CSN(C)N(Cc1ccc(C2=NN=C(C(F)F)C2)cc1F)c1ccc2c(c1)CCC2. The van der Waals surface area contributed by atoms with Crippen molar-refractivity contribution in [3.05, 3.63) is 64.5 Å². The summed E-state index contributed by atoms with van der Waals surface area (Å²) in [4.78, 5) is 0. The molecule has 2 aromatic carbocycles. The maximum atomic E-state index is 14.9. The van der Waals surface area contributed by atoms with E-state index in [9.17, 15) is 13.2 Å². The fourth-order valence-electron chi connectivity index (χ4n) is 3.83. The van der Waals surface area contributed by atoms with Gasteiger partial charge in [0.25, 0.3) is 6.43 Å². The number of hydrogen-bond acceptors (Lipinski definition) is 5. The Morgan fingerprint density at radius 2 is 1.87 bits per heavy atom. The van der Waals surface area contributed by atoms with E-state index in [2.05, 4.69) is 28.4 Å². The van der Waals surface area contributed by atoms with E-state index in [1.54, 1.807) is 24.1 Å². The second kappa shape index (κ2) is 8.81. The molecule has 1 aliphatic carbocycles. The van der Waals surface area contributed by atoms with Gasteiger partial charge >= 0.3 is 0 Å². The molecule has 0 aromatic heterocycles. The summed E-state index contributed by atoms with van der Waals surface area (Å²) in [6.07, 6.45) is 2.65. The van der Waals surface area contributed by atoms with Crippen molar-refractivity contribution in [2.45, 2.75) is 38.7 Å². The third-order valence-electron chi connectivity index (χ3n) is 5.59. The number of benzene rings is 2. The van der Waals surface area contributed by atoms with E-state index in [0.29, 0.717) is 23.4 Å². The average molecular weight is 433 g/mol. The number of halogens is 3. The number of hydrazine groups is 1. The van der Waals surface area contributed by atoms with Crippen molar-refractivity contribution in [2.24, 2.45) is 10.2 Å². The molecule has 1 aliphatic heterocycles. The van der Waals surface area contributed by atoms with Crippen molar-refractivity contribution in [1.82, 2.24) is 4.41 Å². The van der Waals surface area contributed by atoms with E-state index in [-0.39, 0.29) is 17.9 Å². The van der Waals surface area contributed by atoms with Crippen LogP contribution in [0.3, 0.4) is 0 Å². The topological polar surface area (TPSA) is 31.2 Å². The van der Waals surface area contributed by atoms with Crippen molar-refractivity contribution in [1.29, 1.82) is 0 Å². The molecule has 2 aliphatic rings. The fourth-order valence-corrected chi connectivity index (χ4v) is 4.18. The lowest BCUT2D eigenvalue weighted by molar-refractivity contribution is 0.224. The van der Waals surface area contributed by atoms with Crippen molar-refractivity contribution in [2.75, 3.05) is 18.3 Å². The van der Waals surface area contributed by atoms with Gasteiger partial charge in [-0.2, -0.15) is 14.6 Å². The monoisotopic (exact) mass is 432 g/mol. The van der Waals surface area contributed by atoms with Gasteiger partial charge in [0.05, 0.1) is 17.9 Å². The zero-order valence-electron chi connectivity index (χ0n) is 16.9. The molecule has 4 rings (SSSR count). The van der Waals surface area contributed by atoms with E-state index in [1.807, 2.05) is 22.7 Å². The van der Waals surface area contributed by atoms with Gasteiger partial charge < -0.3 is 0 Å². The summed E-state index contributed by atoms with van der Waals surface area (Å²) >= 11 is 1.54. The van der Waals surface area contributed by atoms with Crippen LogP contribution in [0.2, 0.25) is 0 Å². The molecule has 0 N–H and O–H groups in total. The first kappa shape index (κ1) is 20.9. The maximum Gasteiger partial charge on any atom is 0.278 e. The van der Waals surface area contributed by atoms with Gasteiger partial charge in [0.15, 0.2) is 0 Å². The average Bonchev–Trinajstić information content (AvgIpc) is 3.41. The van der Waals surface area contributed by atoms with Crippen molar-refractivity contribution >= 4 is 29.1 Å². The molecule has 158 valence electrons. The second-order valence-electron chi connectivity index (χ2n) is 7.43. The highest BCUT2D eigenvalue weighted by Crippen LogP contribution is 2.30. The van der Waals surface area contributed by atoms with Gasteiger partial charge in [-0.3, -0.25) is 5.01 Å². The van der Waals surface area contributed by atoms with Crippen LogP contribution in [-0.4, -0.2) is 35.6 Å². The number of hydrogen-bond donors (Lipinski definition) is 0. The summed E-state index contributed by atoms with van der Waals surface area (Å²) in [7, 11) is 1.95. The van der Waals surface area contributed by atoms with Gasteiger partial charge in [-0.1, -0.05) is 30.1 Å². The van der Waals surface area contributed by atoms with Crippen LogP contribution in [0.15, 0.2) is 46.6 Å². The number of aryl methyl sites for hydroxylation is 2. The number of nitrogens with zero attached hydrogens (tertiary/aromatic N) is 4. The van der Waals surface area contributed by atoms with Crippen LogP contribution in [0, 0.1) is 5.82 Å². The molecule has 4 nitrogen and oxygen atoms in total. The maximum absolute atomic E-state index is 14.9. The van der Waals surface area contributed by atoms with Crippen LogP contribution in [0.1, 0.15) is 35.1 Å². The van der Waals surface area contributed by atoms with Crippen LogP contribution in [-0.2, 0) is 19.4 Å². The molecule has 0 saturated heterocycles. The Balaban J connectivity index is 1.55. The molecule has 0 atom stereocenters. The minimum atomic E-state index is -2.64. The molecule has 30 heavy (non-hydrogen) atoms. The first-order chi connectivity index (χ1) is 14.5. The highest BCUT2D eigenvalue weighted by Gasteiger charge is 2.23. The van der Waals surface area contributed by atoms with Crippen LogP contribution in [0.25, 0.3) is 0 Å². The number of fused-ring (bicyclic) bond motifs is 1. The molecular weight excluding hydrogens is 409 g/mol. The summed E-state index contributed by atoms with van der Waals surface area (Å²) in [6.45, 7) is 0.355. The van der Waals surface area contributed by atoms with Crippen molar-refractivity contribution in [3.63, 3.8) is 0 Å². The third kappa shape index (κ3) is 4.25. The van der Waals surface area contributed by atoms with E-state index < -0.39 is 6.43 Å². The van der Waals surface area contributed by atoms with Gasteiger partial charge in [0, 0.05) is 24.6 Å². The smallest absolute Gasteiger partial charge is 0.278 e. The van der Waals surface area contributed by atoms with E-state index in [0.717, 1.165) is 18.5 Å². The Kier molecular flexibility index (Phi) is 6.15. The molecular formula is C22H23F3N4S. The van der Waals surface area contributed by atoms with Gasteiger partial charge in [-0.15, -0.1) is 0 Å². The van der Waals surface area contributed by atoms with E-state index in [1.165, 1.54) is 23.6 Å². The Bertz CT molecular complexity index is 1010. The summed E-state index contributed by atoms with van der Waals surface area (Å²) in [5.74, 6) is -0.388. The predicted molar refractivity (Wildman–Crippen MR) is 117 cm³/mol. The molecule has 0 bridgehead atoms. The molecule has 0 spiro atoms. The molecule has 0 unspecified atom stereocenters. The minimum absolute atomic E-state index is 0.0487. The lowest BCUT2D eigenvalue weighted by atomic mass is 10.0. The normalized spacial score (nSPS) is 15.6. The van der Waals surface area contributed by atoms with E-state index in [4.69, 9.17) is 0 Å². The molecule has 0 fully saturated rings. The minimum Gasteiger partial charge on any atom is -0.292 e. The first-order valence-electron chi connectivity index (χ1n) is 9.83. The molecule has 2 aromatic rings. The summed E-state index contributed by atoms with van der Waals surface area (Å²) in [5, 5.41) is 9.34. The largest absolute Gasteiger partial charge is 0.292 e. The predicted octanol–water partition coefficient (Wildman–Crippen LogP) is 5.26. The Morgan fingerprint density at radius 3 is 2.57 bits per heavy atom. The standard InChI is InChI=1S/C22H23F3N4S/c1-28(30-2)29(18-9-8-14-4-3-5-15(14)10-18)13-17-7-6-16(11-19(17)23)20-12-21(22(24)25)27-26-20/h6-11,22H,3-5,12-13H2,1-2H3. The molecule has 0 radical (unpaired) electrons. The van der Waals surface area contributed by atoms with E-state index >= 15 is 0 Å². The zero-order valence-corrected chi connectivity index (χ0v) is 17.7. The third-order valence-corrected chi connectivity index (χ3v) is 6.32. The van der Waals surface area contributed by atoms with Crippen LogP contribution < -0.4 is 5.01 Å². The fraction of sp³-hybridized carbons (Fsp3) is 0.364.